The molecule has 0 aromatic heterocycles. The van der Waals surface area contributed by atoms with Crippen LogP contribution in [0.5, 0.6) is 0 Å². The number of nitriles is 1. The lowest BCUT2D eigenvalue weighted by atomic mass is 10.2. The van der Waals surface area contributed by atoms with Crippen molar-refractivity contribution in [1.82, 2.24) is 5.32 Å². The molecule has 1 aromatic carbocycles. The van der Waals surface area contributed by atoms with E-state index < -0.39 is 0 Å². The molecule has 0 heterocycles. The van der Waals surface area contributed by atoms with Gasteiger partial charge in [-0.25, -0.2) is 0 Å². The molecule has 0 aliphatic carbocycles. The molecule has 0 radical (unpaired) electrons. The molecule has 1 rings (SSSR count). The maximum atomic E-state index is 8.82. The highest BCUT2D eigenvalue weighted by molar-refractivity contribution is 6.30. The van der Waals surface area contributed by atoms with E-state index in [2.05, 4.69) is 16.7 Å². The highest BCUT2D eigenvalue weighted by atomic mass is 35.5. The quantitative estimate of drug-likeness (QED) is 0.744. The molecule has 0 amide bonds. The molecule has 14 heavy (non-hydrogen) atoms. The fourth-order valence-corrected chi connectivity index (χ4v) is 1.25. The lowest BCUT2D eigenvalue weighted by Crippen LogP contribution is -2.18. The number of hydrogen-bond acceptors (Lipinski definition) is 3. The summed E-state index contributed by atoms with van der Waals surface area (Å²) < 4.78 is 0. The molecule has 0 fully saturated rings. The Bertz CT molecular complexity index is 344. The Kier molecular flexibility index (Phi) is 4.24. The molecule has 0 spiro atoms. The number of nitrogens with zero attached hydrogens (tertiary/aromatic N) is 1. The predicted molar refractivity (Wildman–Crippen MR) is 58.6 cm³/mol. The SMILES string of the molecule is CNCCNc1cc(Cl)ccc1C#N. The van der Waals surface area contributed by atoms with Gasteiger partial charge in [0.1, 0.15) is 6.07 Å². The number of anilines is 1. The number of hydrogen-bond donors (Lipinski definition) is 2. The van der Waals surface area contributed by atoms with Crippen LogP contribution < -0.4 is 10.6 Å². The molecular weight excluding hydrogens is 198 g/mol. The van der Waals surface area contributed by atoms with Gasteiger partial charge in [-0.05, 0) is 25.2 Å². The van der Waals surface area contributed by atoms with E-state index in [9.17, 15) is 0 Å². The third-order valence-electron chi connectivity index (χ3n) is 1.79. The zero-order valence-corrected chi connectivity index (χ0v) is 8.73. The first kappa shape index (κ1) is 10.8. The molecule has 2 N–H and O–H groups in total. The third-order valence-corrected chi connectivity index (χ3v) is 2.03. The average molecular weight is 210 g/mol. The third kappa shape index (κ3) is 2.91. The van der Waals surface area contributed by atoms with Gasteiger partial charge in [0.05, 0.1) is 11.3 Å². The van der Waals surface area contributed by atoms with E-state index >= 15 is 0 Å². The maximum absolute atomic E-state index is 8.82. The number of benzene rings is 1. The average Bonchev–Trinajstić information content (AvgIpc) is 2.19. The van der Waals surface area contributed by atoms with Crippen LogP contribution in [-0.2, 0) is 0 Å². The summed E-state index contributed by atoms with van der Waals surface area (Å²) in [5, 5.41) is 15.6. The molecule has 0 aliphatic rings. The summed E-state index contributed by atoms with van der Waals surface area (Å²) >= 11 is 5.82. The number of nitrogens with one attached hydrogen (secondary N) is 2. The lowest BCUT2D eigenvalue weighted by molar-refractivity contribution is 0.823. The Morgan fingerprint density at radius 1 is 1.43 bits per heavy atom. The van der Waals surface area contributed by atoms with Crippen molar-refractivity contribution in [3.63, 3.8) is 0 Å². The van der Waals surface area contributed by atoms with E-state index in [0.29, 0.717) is 10.6 Å². The summed E-state index contributed by atoms with van der Waals surface area (Å²) in [6.45, 7) is 1.61. The molecule has 0 bridgehead atoms. The molecule has 74 valence electrons. The first-order chi connectivity index (χ1) is 6.77. The zero-order chi connectivity index (χ0) is 10.4. The second-order valence-corrected chi connectivity index (χ2v) is 3.27. The maximum Gasteiger partial charge on any atom is 0.101 e. The van der Waals surface area contributed by atoms with Crippen molar-refractivity contribution < 1.29 is 0 Å². The summed E-state index contributed by atoms with van der Waals surface area (Å²) in [5.41, 5.74) is 1.40. The van der Waals surface area contributed by atoms with Crippen molar-refractivity contribution in [3.8, 4) is 6.07 Å². The van der Waals surface area contributed by atoms with Gasteiger partial charge in [-0.1, -0.05) is 11.6 Å². The highest BCUT2D eigenvalue weighted by Crippen LogP contribution is 2.19. The van der Waals surface area contributed by atoms with Gasteiger partial charge < -0.3 is 10.6 Å². The minimum atomic E-state index is 0.616. The van der Waals surface area contributed by atoms with Crippen molar-refractivity contribution in [1.29, 1.82) is 5.26 Å². The second kappa shape index (κ2) is 5.48. The molecule has 0 unspecified atom stereocenters. The summed E-state index contributed by atoms with van der Waals surface area (Å²) in [6, 6.07) is 7.29. The van der Waals surface area contributed by atoms with Gasteiger partial charge in [-0.3, -0.25) is 0 Å². The van der Waals surface area contributed by atoms with Gasteiger partial charge in [-0.15, -0.1) is 0 Å². The minimum Gasteiger partial charge on any atom is -0.383 e. The molecule has 0 aliphatic heterocycles. The summed E-state index contributed by atoms with van der Waals surface area (Å²) in [7, 11) is 1.88. The zero-order valence-electron chi connectivity index (χ0n) is 7.97. The van der Waals surface area contributed by atoms with E-state index in [4.69, 9.17) is 16.9 Å². The largest absolute Gasteiger partial charge is 0.383 e. The number of rotatable bonds is 4. The topological polar surface area (TPSA) is 47.8 Å². The van der Waals surface area contributed by atoms with Gasteiger partial charge in [-0.2, -0.15) is 5.26 Å². The van der Waals surface area contributed by atoms with Crippen LogP contribution in [0.3, 0.4) is 0 Å². The summed E-state index contributed by atoms with van der Waals surface area (Å²) in [4.78, 5) is 0. The standard InChI is InChI=1S/C10H12ClN3/c1-13-4-5-14-10-6-9(11)3-2-8(10)7-12/h2-3,6,13-14H,4-5H2,1H3. The second-order valence-electron chi connectivity index (χ2n) is 2.83. The fraction of sp³-hybridized carbons (Fsp3) is 0.300. The van der Waals surface area contributed by atoms with Crippen LogP contribution >= 0.6 is 11.6 Å². The molecule has 0 saturated heterocycles. The molecule has 4 heteroatoms. The number of halogens is 1. The van der Waals surface area contributed by atoms with E-state index in [-0.39, 0.29) is 0 Å². The number of likely N-dealkylation sites (N-methyl/N-ethyl adjacent to an activating group) is 1. The van der Waals surface area contributed by atoms with E-state index in [1.807, 2.05) is 7.05 Å². The Morgan fingerprint density at radius 3 is 2.86 bits per heavy atom. The van der Waals surface area contributed by atoms with Crippen molar-refractivity contribution >= 4 is 17.3 Å². The van der Waals surface area contributed by atoms with E-state index in [0.717, 1.165) is 18.8 Å². The van der Waals surface area contributed by atoms with Crippen molar-refractivity contribution in [2.24, 2.45) is 0 Å². The van der Waals surface area contributed by atoms with Crippen LogP contribution in [-0.4, -0.2) is 20.1 Å². The van der Waals surface area contributed by atoms with Crippen LogP contribution in [0.2, 0.25) is 5.02 Å². The Balaban J connectivity index is 2.73. The first-order valence-electron chi connectivity index (χ1n) is 4.36. The molecular formula is C10H12ClN3. The Hall–Kier alpha value is -1.24. The van der Waals surface area contributed by atoms with Gasteiger partial charge in [0.25, 0.3) is 0 Å². The van der Waals surface area contributed by atoms with Crippen molar-refractivity contribution in [2.75, 3.05) is 25.5 Å². The minimum absolute atomic E-state index is 0.616. The van der Waals surface area contributed by atoms with Crippen LogP contribution in [0.1, 0.15) is 5.56 Å². The van der Waals surface area contributed by atoms with Gasteiger partial charge >= 0.3 is 0 Å². The van der Waals surface area contributed by atoms with Crippen LogP contribution in [0, 0.1) is 11.3 Å². The van der Waals surface area contributed by atoms with Gasteiger partial charge in [0, 0.05) is 18.1 Å². The van der Waals surface area contributed by atoms with Crippen LogP contribution in [0.15, 0.2) is 18.2 Å². The van der Waals surface area contributed by atoms with Gasteiger partial charge in [0.2, 0.25) is 0 Å². The van der Waals surface area contributed by atoms with Crippen molar-refractivity contribution in [3.05, 3.63) is 28.8 Å². The smallest absolute Gasteiger partial charge is 0.101 e. The molecule has 0 saturated carbocycles. The monoisotopic (exact) mass is 209 g/mol. The van der Waals surface area contributed by atoms with Crippen molar-refractivity contribution in [2.45, 2.75) is 0 Å². The Morgan fingerprint density at radius 2 is 2.21 bits per heavy atom. The normalized spacial score (nSPS) is 9.50. The summed E-state index contributed by atoms with van der Waals surface area (Å²) in [5.74, 6) is 0. The predicted octanol–water partition coefficient (Wildman–Crippen LogP) is 1.84. The fourth-order valence-electron chi connectivity index (χ4n) is 1.08. The van der Waals surface area contributed by atoms with Crippen LogP contribution in [0.4, 0.5) is 5.69 Å². The van der Waals surface area contributed by atoms with Crippen LogP contribution in [0.25, 0.3) is 0 Å². The Labute approximate surface area is 88.7 Å². The van der Waals surface area contributed by atoms with E-state index in [1.165, 1.54) is 0 Å². The molecule has 1 aromatic rings. The molecule has 3 nitrogen and oxygen atoms in total. The highest BCUT2D eigenvalue weighted by Gasteiger charge is 2.01. The lowest BCUT2D eigenvalue weighted by Gasteiger charge is -2.07. The molecule has 0 atom stereocenters. The first-order valence-corrected chi connectivity index (χ1v) is 4.74. The van der Waals surface area contributed by atoms with E-state index in [1.54, 1.807) is 18.2 Å². The van der Waals surface area contributed by atoms with Gasteiger partial charge in [0.15, 0.2) is 0 Å². The summed E-state index contributed by atoms with van der Waals surface area (Å²) in [6.07, 6.45) is 0.